The Morgan fingerprint density at radius 2 is 1.65 bits per heavy atom. The number of halogens is 1. The first-order valence-corrected chi connectivity index (χ1v) is 23.6. The number of aromatic nitrogens is 2. The molecule has 1 unspecified atom stereocenters. The molecule has 4 fully saturated rings. The molecule has 4 aromatic rings. The fraction of sp³-hybridized carbons (Fsp3) is 0.440. The maximum atomic E-state index is 13.3. The van der Waals surface area contributed by atoms with E-state index in [0.29, 0.717) is 42.6 Å². The smallest absolute Gasteiger partial charge is 0.264 e. The van der Waals surface area contributed by atoms with Gasteiger partial charge in [0.1, 0.15) is 25.0 Å². The van der Waals surface area contributed by atoms with E-state index in [4.69, 9.17) is 32.6 Å². The monoisotopic (exact) mass is 942 g/mol. The topological polar surface area (TPSA) is 174 Å². The number of carbonyl (C=O) groups excluding carboxylic acids is 5. The van der Waals surface area contributed by atoms with Crippen molar-refractivity contribution in [1.82, 2.24) is 34.9 Å². The van der Waals surface area contributed by atoms with Crippen LogP contribution < -0.4 is 20.3 Å². The minimum absolute atomic E-state index is 0.0229. The van der Waals surface area contributed by atoms with Crippen LogP contribution in [-0.4, -0.2) is 149 Å². The fourth-order valence-corrected chi connectivity index (χ4v) is 10.2. The molecule has 0 aliphatic carbocycles. The van der Waals surface area contributed by atoms with E-state index in [0.717, 1.165) is 98.6 Å². The van der Waals surface area contributed by atoms with Crippen molar-refractivity contribution in [3.63, 3.8) is 0 Å². The summed E-state index contributed by atoms with van der Waals surface area (Å²) in [5, 5.41) is 5.44. The van der Waals surface area contributed by atoms with Gasteiger partial charge in [0.2, 0.25) is 23.7 Å². The zero-order chi connectivity index (χ0) is 47.5. The number of fused-ring (bicyclic) bond motifs is 1. The number of nitrogens with zero attached hydrogens (tertiary/aromatic N) is 8. The molecule has 0 bridgehead atoms. The van der Waals surface area contributed by atoms with Crippen LogP contribution in [0.15, 0.2) is 72.9 Å². The molecule has 2 N–H and O–H groups in total. The highest BCUT2D eigenvalue weighted by atomic mass is 35.5. The lowest BCUT2D eigenvalue weighted by Gasteiger charge is -2.49. The van der Waals surface area contributed by atoms with Crippen molar-refractivity contribution in [1.29, 1.82) is 0 Å². The molecule has 0 radical (unpaired) electrons. The zero-order valence-corrected chi connectivity index (χ0v) is 39.0. The standard InChI is InChI=1S/C50H55ClN10O7/c1-50(2,33-25-34(51)27-36(26-33)52-3)32-7-9-39(10-8-32)68-30-35-13-16-53-49(54-35)60-21-19-59(20-22-60)37-14-17-58(18-15-37)38-28-57(29-38)23-24-67-31-44(63)55-41-6-4-5-40-45(41)48(66)61(47(40)65)42-11-12-43(62)56-46(42)64/h4-10,13,16,25-27,37-38,42H,11-12,14-15,17-24,28-31H2,1-2H3,(H,55,63)(H,56,62,64). The maximum Gasteiger partial charge on any atom is 0.264 e. The molecular formula is C50H55ClN10O7. The Labute approximate surface area is 400 Å². The summed E-state index contributed by atoms with van der Waals surface area (Å²) in [6.45, 7) is 20.6. The van der Waals surface area contributed by atoms with Crippen LogP contribution >= 0.6 is 11.6 Å². The Hall–Kier alpha value is -6.29. The van der Waals surface area contributed by atoms with Crippen LogP contribution in [0.3, 0.4) is 0 Å². The van der Waals surface area contributed by atoms with E-state index in [2.05, 4.69) is 66.0 Å². The number of benzene rings is 3. The quantitative estimate of drug-likeness (QED) is 0.0936. The van der Waals surface area contributed by atoms with E-state index in [-0.39, 0.29) is 41.7 Å². The van der Waals surface area contributed by atoms with Crippen LogP contribution in [0, 0.1) is 6.57 Å². The number of imide groups is 2. The highest BCUT2D eigenvalue weighted by molar-refractivity contribution is 6.31. The fourth-order valence-electron chi connectivity index (χ4n) is 9.93. The molecule has 1 aromatic heterocycles. The van der Waals surface area contributed by atoms with E-state index in [1.165, 1.54) is 12.1 Å². The van der Waals surface area contributed by atoms with Gasteiger partial charge < -0.3 is 19.7 Å². The molecule has 4 saturated heterocycles. The highest BCUT2D eigenvalue weighted by Gasteiger charge is 2.46. The Balaban J connectivity index is 0.654. The molecule has 0 spiro atoms. The second-order valence-corrected chi connectivity index (χ2v) is 19.0. The Kier molecular flexibility index (Phi) is 13.9. The largest absolute Gasteiger partial charge is 0.487 e. The number of hydrogen-bond acceptors (Lipinski definition) is 13. The molecule has 354 valence electrons. The summed E-state index contributed by atoms with van der Waals surface area (Å²) in [7, 11) is 0. The summed E-state index contributed by atoms with van der Waals surface area (Å²) in [5.74, 6) is -1.43. The van der Waals surface area contributed by atoms with Crippen LogP contribution in [0.2, 0.25) is 5.02 Å². The molecular weight excluding hydrogens is 888 g/mol. The molecule has 0 saturated carbocycles. The minimum atomic E-state index is -1.09. The van der Waals surface area contributed by atoms with Crippen molar-refractivity contribution in [3.8, 4) is 5.75 Å². The van der Waals surface area contributed by atoms with Crippen LogP contribution in [0.5, 0.6) is 5.75 Å². The summed E-state index contributed by atoms with van der Waals surface area (Å²) >= 11 is 6.32. The predicted octanol–water partition coefficient (Wildman–Crippen LogP) is 4.91. The van der Waals surface area contributed by atoms with E-state index in [1.54, 1.807) is 18.3 Å². The third kappa shape index (κ3) is 10.1. The molecule has 68 heavy (non-hydrogen) atoms. The van der Waals surface area contributed by atoms with E-state index < -0.39 is 35.6 Å². The summed E-state index contributed by atoms with van der Waals surface area (Å²) in [6, 6.07) is 20.0. The van der Waals surface area contributed by atoms with Crippen LogP contribution in [-0.2, 0) is 31.1 Å². The number of rotatable bonds is 15. The van der Waals surface area contributed by atoms with Crippen LogP contribution in [0.25, 0.3) is 4.85 Å². The summed E-state index contributed by atoms with van der Waals surface area (Å²) in [6.07, 6.45) is 4.16. The van der Waals surface area contributed by atoms with Gasteiger partial charge in [0, 0.05) is 94.0 Å². The molecule has 5 aliphatic rings. The van der Waals surface area contributed by atoms with Gasteiger partial charge in [-0.1, -0.05) is 49.7 Å². The Morgan fingerprint density at radius 3 is 2.38 bits per heavy atom. The first kappa shape index (κ1) is 46.8. The minimum Gasteiger partial charge on any atom is -0.487 e. The predicted molar refractivity (Wildman–Crippen MR) is 254 cm³/mol. The number of ether oxygens (including phenoxy) is 2. The molecule has 1 atom stereocenters. The van der Waals surface area contributed by atoms with Gasteiger partial charge in [0.25, 0.3) is 11.8 Å². The van der Waals surface area contributed by atoms with E-state index in [9.17, 15) is 24.0 Å². The number of piperazine rings is 1. The second kappa shape index (κ2) is 20.1. The molecule has 5 amide bonds. The van der Waals surface area contributed by atoms with Gasteiger partial charge in [-0.05, 0) is 72.9 Å². The Morgan fingerprint density at radius 1 is 0.897 bits per heavy atom. The van der Waals surface area contributed by atoms with E-state index >= 15 is 0 Å². The average Bonchev–Trinajstić information content (AvgIpc) is 3.59. The molecule has 18 heteroatoms. The van der Waals surface area contributed by atoms with Crippen molar-refractivity contribution < 1.29 is 33.4 Å². The number of likely N-dealkylation sites (tertiary alicyclic amines) is 2. The molecule has 17 nitrogen and oxygen atoms in total. The number of piperidine rings is 2. The average molecular weight is 944 g/mol. The van der Waals surface area contributed by atoms with E-state index in [1.807, 2.05) is 30.3 Å². The number of nitrogens with one attached hydrogen (secondary N) is 2. The first-order valence-electron chi connectivity index (χ1n) is 23.3. The van der Waals surface area contributed by atoms with Gasteiger partial charge in [-0.2, -0.15) is 0 Å². The number of amides is 5. The second-order valence-electron chi connectivity index (χ2n) is 18.6. The normalized spacial score (nSPS) is 19.9. The molecule has 6 heterocycles. The lowest BCUT2D eigenvalue weighted by Crippen LogP contribution is -2.62. The summed E-state index contributed by atoms with van der Waals surface area (Å²) in [4.78, 5) is 87.1. The highest BCUT2D eigenvalue weighted by Crippen LogP contribution is 2.37. The summed E-state index contributed by atoms with van der Waals surface area (Å²) in [5.41, 5.74) is 3.37. The zero-order valence-electron chi connectivity index (χ0n) is 38.3. The van der Waals surface area contributed by atoms with Gasteiger partial charge >= 0.3 is 0 Å². The van der Waals surface area contributed by atoms with Crippen molar-refractivity contribution in [2.75, 3.05) is 82.3 Å². The first-order chi connectivity index (χ1) is 32.8. The Bertz CT molecular complexity index is 2620. The SMILES string of the molecule is [C-]#[N+]c1cc(Cl)cc(C(C)(C)c2ccc(OCc3ccnc(N4CCN(C5CCN(C6CN(CCOCC(=O)Nc7cccc8c7C(=O)N(C7CCC(=O)NC7=O)C8=O)C6)CC5)CC4)n3)cc2)c1. The lowest BCUT2D eigenvalue weighted by molar-refractivity contribution is -0.136. The van der Waals surface area contributed by atoms with Gasteiger partial charge in [-0.15, -0.1) is 0 Å². The molecule has 9 rings (SSSR count). The third-order valence-corrected chi connectivity index (χ3v) is 14.2. The van der Waals surface area contributed by atoms with Gasteiger partial charge in [0.15, 0.2) is 5.69 Å². The van der Waals surface area contributed by atoms with Gasteiger partial charge in [0.05, 0.1) is 35.7 Å². The number of anilines is 2. The van der Waals surface area contributed by atoms with Gasteiger partial charge in [-0.25, -0.2) is 14.8 Å². The van der Waals surface area contributed by atoms with Crippen molar-refractivity contribution in [2.45, 2.75) is 69.7 Å². The summed E-state index contributed by atoms with van der Waals surface area (Å²) < 4.78 is 11.8. The maximum absolute atomic E-state index is 13.3. The molecule has 5 aliphatic heterocycles. The number of carbonyl (C=O) groups is 5. The molecule has 3 aromatic carbocycles. The van der Waals surface area contributed by atoms with Crippen LogP contribution in [0.1, 0.15) is 77.1 Å². The van der Waals surface area contributed by atoms with Crippen molar-refractivity contribution >= 4 is 58.5 Å². The van der Waals surface area contributed by atoms with Crippen molar-refractivity contribution in [3.05, 3.63) is 117 Å². The van der Waals surface area contributed by atoms with Crippen molar-refractivity contribution in [2.24, 2.45) is 0 Å². The lowest BCUT2D eigenvalue weighted by atomic mass is 9.78. The number of hydrogen-bond donors (Lipinski definition) is 2. The third-order valence-electron chi connectivity index (χ3n) is 14.0. The van der Waals surface area contributed by atoms with Crippen LogP contribution in [0.4, 0.5) is 17.3 Å². The van der Waals surface area contributed by atoms with Gasteiger partial charge in [-0.3, -0.25) is 48.9 Å².